The van der Waals surface area contributed by atoms with Gasteiger partial charge in [0, 0.05) is 0 Å². The number of aliphatic hydroxyl groups is 6. The van der Waals surface area contributed by atoms with E-state index in [-0.39, 0.29) is 11.8 Å². The smallest absolute Gasteiger partial charge is 0.332 e. The van der Waals surface area contributed by atoms with E-state index >= 15 is 0 Å². The van der Waals surface area contributed by atoms with Crippen molar-refractivity contribution in [1.29, 1.82) is 0 Å². The van der Waals surface area contributed by atoms with Gasteiger partial charge in [0.05, 0.1) is 6.61 Å². The Kier molecular flexibility index (Phi) is 14.4. The van der Waals surface area contributed by atoms with Crippen molar-refractivity contribution in [2.45, 2.75) is 37.4 Å². The molecular formula is C9H20O10. The van der Waals surface area contributed by atoms with Gasteiger partial charge in [-0.25, -0.2) is 4.79 Å². The Balaban J connectivity index is -0.000000313. The van der Waals surface area contributed by atoms with Gasteiger partial charge in [-0.05, 0) is 6.92 Å². The van der Waals surface area contributed by atoms with Gasteiger partial charge in [-0.15, -0.1) is 0 Å². The fourth-order valence-electron chi connectivity index (χ4n) is 0.618. The highest BCUT2D eigenvalue weighted by atomic mass is 16.4. The molecule has 0 spiro atoms. The molecule has 0 aromatic heterocycles. The molecule has 0 aromatic carbocycles. The predicted molar refractivity (Wildman–Crippen MR) is 60.1 cm³/mol. The molecule has 0 saturated heterocycles. The second-order valence-corrected chi connectivity index (χ2v) is 3.37. The third kappa shape index (κ3) is 10.5. The number of carbonyl (C=O) groups is 2. The van der Waals surface area contributed by atoms with Gasteiger partial charge in [0.25, 0.3) is 0 Å². The second kappa shape index (κ2) is 11.9. The first-order chi connectivity index (χ1) is 8.18. The molecular weight excluding hydrogens is 268 g/mol. The predicted octanol–water partition coefficient (Wildman–Crippen LogP) is -4.75. The summed E-state index contributed by atoms with van der Waals surface area (Å²) in [5, 5.41) is 59.3. The highest BCUT2D eigenvalue weighted by Gasteiger charge is 2.29. The normalized spacial score (nSPS) is 17.6. The van der Waals surface area contributed by atoms with E-state index < -0.39 is 43.1 Å². The Bertz CT molecular complexity index is 243. The zero-order chi connectivity index (χ0) is 14.9. The molecule has 0 rings (SSSR count). The summed E-state index contributed by atoms with van der Waals surface area (Å²) < 4.78 is 0. The number of aldehydes is 1. The number of carbonyl (C=O) groups excluding carboxylic acids is 1. The lowest BCUT2D eigenvalue weighted by molar-refractivity contribution is -0.145. The maximum atomic E-state index is 9.90. The first kappa shape index (κ1) is 23.0. The fourth-order valence-corrected chi connectivity index (χ4v) is 0.618. The Hall–Kier alpha value is -1.14. The van der Waals surface area contributed by atoms with Crippen molar-refractivity contribution in [1.82, 2.24) is 0 Å². The Labute approximate surface area is 108 Å². The first-order valence-corrected chi connectivity index (χ1v) is 4.88. The molecule has 0 aromatic rings. The SMILES string of the molecule is CC(O)C(=O)O.O.O=C[C@H](O)[C@@H](O)[C@H](O)[C@H](O)CO. The summed E-state index contributed by atoms with van der Waals surface area (Å²) in [5.74, 6) is -1.19. The number of rotatable bonds is 6. The topological polar surface area (TPSA) is 207 Å². The summed E-state index contributed by atoms with van der Waals surface area (Å²) in [5.41, 5.74) is 0. The van der Waals surface area contributed by atoms with Gasteiger partial charge >= 0.3 is 5.97 Å². The molecule has 19 heavy (non-hydrogen) atoms. The number of carboxylic acids is 1. The standard InChI is InChI=1S/C6H12O6.C3H6O3.H2O/c7-1-3(9)5(11)6(12)4(10)2-8;1-2(4)3(5)6;/h1,3-6,8-12H,2H2;2,4H,1H3,(H,5,6);1H2/t3-,4+,5+,6+;;/m0../s1. The third-order valence-electron chi connectivity index (χ3n) is 1.78. The fraction of sp³-hybridized carbons (Fsp3) is 0.778. The molecule has 0 heterocycles. The average Bonchev–Trinajstić information content (AvgIpc) is 2.35. The first-order valence-electron chi connectivity index (χ1n) is 4.88. The molecule has 9 N–H and O–H groups in total. The van der Waals surface area contributed by atoms with E-state index in [2.05, 4.69) is 0 Å². The molecule has 0 aliphatic rings. The summed E-state index contributed by atoms with van der Waals surface area (Å²) in [6, 6.07) is 0. The number of aliphatic hydroxyl groups excluding tert-OH is 6. The zero-order valence-electron chi connectivity index (χ0n) is 10.1. The molecule has 1 unspecified atom stereocenters. The highest BCUT2D eigenvalue weighted by molar-refractivity contribution is 5.71. The maximum absolute atomic E-state index is 9.90. The number of hydrogen-bond donors (Lipinski definition) is 7. The average molecular weight is 288 g/mol. The van der Waals surface area contributed by atoms with Crippen molar-refractivity contribution in [2.75, 3.05) is 6.61 Å². The second-order valence-electron chi connectivity index (χ2n) is 3.37. The summed E-state index contributed by atoms with van der Waals surface area (Å²) in [6.45, 7) is 0.437. The van der Waals surface area contributed by atoms with E-state index in [1.54, 1.807) is 0 Å². The minimum absolute atomic E-state index is 0. The minimum Gasteiger partial charge on any atom is -0.479 e. The zero-order valence-corrected chi connectivity index (χ0v) is 10.1. The van der Waals surface area contributed by atoms with Crippen LogP contribution in [0.25, 0.3) is 0 Å². The van der Waals surface area contributed by atoms with Crippen LogP contribution in [0.3, 0.4) is 0 Å². The van der Waals surface area contributed by atoms with Crippen LogP contribution in [0, 0.1) is 0 Å². The quantitative estimate of drug-likeness (QED) is 0.234. The van der Waals surface area contributed by atoms with Crippen LogP contribution in [0.2, 0.25) is 0 Å². The molecule has 0 amide bonds. The lowest BCUT2D eigenvalue weighted by Crippen LogP contribution is -2.46. The highest BCUT2D eigenvalue weighted by Crippen LogP contribution is 2.02. The van der Waals surface area contributed by atoms with Gasteiger partial charge in [0.2, 0.25) is 0 Å². The van der Waals surface area contributed by atoms with Crippen molar-refractivity contribution in [2.24, 2.45) is 0 Å². The van der Waals surface area contributed by atoms with Crippen molar-refractivity contribution >= 4 is 12.3 Å². The molecule has 5 atom stereocenters. The van der Waals surface area contributed by atoms with Crippen molar-refractivity contribution in [3.05, 3.63) is 0 Å². The Morgan fingerprint density at radius 1 is 1.11 bits per heavy atom. The number of carboxylic acid groups (broad SMARTS) is 1. The Morgan fingerprint density at radius 3 is 1.68 bits per heavy atom. The summed E-state index contributed by atoms with van der Waals surface area (Å²) in [6.07, 6.45) is -8.07. The van der Waals surface area contributed by atoms with E-state index in [0.717, 1.165) is 0 Å². The number of aliphatic carboxylic acids is 1. The molecule has 0 bridgehead atoms. The maximum Gasteiger partial charge on any atom is 0.332 e. The van der Waals surface area contributed by atoms with Crippen LogP contribution in [0.4, 0.5) is 0 Å². The van der Waals surface area contributed by atoms with Crippen molar-refractivity contribution < 1.29 is 50.8 Å². The van der Waals surface area contributed by atoms with Crippen molar-refractivity contribution in [3.8, 4) is 0 Å². The van der Waals surface area contributed by atoms with Gasteiger partial charge in [-0.1, -0.05) is 0 Å². The van der Waals surface area contributed by atoms with Crippen molar-refractivity contribution in [3.63, 3.8) is 0 Å². The van der Waals surface area contributed by atoms with Gasteiger partial charge in [0.15, 0.2) is 6.29 Å². The molecule has 116 valence electrons. The van der Waals surface area contributed by atoms with E-state index in [9.17, 15) is 9.59 Å². The number of hydrogen-bond acceptors (Lipinski definition) is 8. The molecule has 0 aliphatic heterocycles. The van der Waals surface area contributed by atoms with Gasteiger partial charge in [-0.2, -0.15) is 0 Å². The summed E-state index contributed by atoms with van der Waals surface area (Å²) >= 11 is 0. The molecule has 0 radical (unpaired) electrons. The summed E-state index contributed by atoms with van der Waals surface area (Å²) in [4.78, 5) is 19.3. The van der Waals surface area contributed by atoms with Gasteiger partial charge < -0.3 is 46.0 Å². The third-order valence-corrected chi connectivity index (χ3v) is 1.78. The van der Waals surface area contributed by atoms with E-state index in [1.165, 1.54) is 6.92 Å². The molecule has 0 aliphatic carbocycles. The largest absolute Gasteiger partial charge is 0.479 e. The molecule has 0 fully saturated rings. The summed E-state index contributed by atoms with van der Waals surface area (Å²) in [7, 11) is 0. The van der Waals surface area contributed by atoms with Crippen LogP contribution in [0.15, 0.2) is 0 Å². The molecule has 0 saturated carbocycles. The van der Waals surface area contributed by atoms with Crippen LogP contribution in [0.5, 0.6) is 0 Å². The molecule has 10 heteroatoms. The lowest BCUT2D eigenvalue weighted by atomic mass is 10.0. The molecule has 10 nitrogen and oxygen atoms in total. The van der Waals surface area contributed by atoms with E-state index in [0.29, 0.717) is 0 Å². The van der Waals surface area contributed by atoms with Crippen LogP contribution >= 0.6 is 0 Å². The van der Waals surface area contributed by atoms with Gasteiger partial charge in [-0.3, -0.25) is 0 Å². The minimum atomic E-state index is -1.79. The monoisotopic (exact) mass is 288 g/mol. The lowest BCUT2D eigenvalue weighted by Gasteiger charge is -2.22. The van der Waals surface area contributed by atoms with Crippen LogP contribution in [-0.4, -0.2) is 90.6 Å². The van der Waals surface area contributed by atoms with E-state index in [1.807, 2.05) is 0 Å². The van der Waals surface area contributed by atoms with Crippen LogP contribution in [-0.2, 0) is 9.59 Å². The van der Waals surface area contributed by atoms with Crippen LogP contribution < -0.4 is 0 Å². The van der Waals surface area contributed by atoms with E-state index in [4.69, 9.17) is 35.7 Å². The Morgan fingerprint density at radius 2 is 1.47 bits per heavy atom. The van der Waals surface area contributed by atoms with Gasteiger partial charge in [0.1, 0.15) is 30.5 Å². The van der Waals surface area contributed by atoms with Crippen LogP contribution in [0.1, 0.15) is 6.92 Å².